The first kappa shape index (κ1) is 14.9. The molecule has 0 saturated carbocycles. The second kappa shape index (κ2) is 7.33. The summed E-state index contributed by atoms with van der Waals surface area (Å²) in [6, 6.07) is 7.89. The number of carbonyl (C=O) groups is 1. The van der Waals surface area contributed by atoms with Crippen LogP contribution < -0.4 is 0 Å². The Kier molecular flexibility index (Phi) is 5.46. The van der Waals surface area contributed by atoms with E-state index in [2.05, 4.69) is 4.98 Å². The lowest BCUT2D eigenvalue weighted by atomic mass is 10.2. The van der Waals surface area contributed by atoms with E-state index >= 15 is 0 Å². The van der Waals surface area contributed by atoms with Gasteiger partial charge in [0.1, 0.15) is 0 Å². The first-order chi connectivity index (χ1) is 9.74. The molecule has 6 heteroatoms. The zero-order valence-corrected chi connectivity index (χ0v) is 12.0. The van der Waals surface area contributed by atoms with Gasteiger partial charge >= 0.3 is 0 Å². The highest BCUT2D eigenvalue weighted by Gasteiger charge is 2.13. The smallest absolute Gasteiger partial charge is 0.223 e. The SMILES string of the molecule is O=C(CCc1nc2ccccc2s1)N(CCO)CCO. The molecule has 0 aliphatic rings. The Morgan fingerprint density at radius 1 is 1.20 bits per heavy atom. The number of thiazole rings is 1. The van der Waals surface area contributed by atoms with Crippen molar-refractivity contribution < 1.29 is 15.0 Å². The summed E-state index contributed by atoms with van der Waals surface area (Å²) in [5, 5.41) is 18.8. The van der Waals surface area contributed by atoms with Crippen molar-refractivity contribution in [3.05, 3.63) is 29.3 Å². The lowest BCUT2D eigenvalue weighted by Gasteiger charge is -2.20. The Bertz CT molecular complexity index is 531. The molecule has 0 spiro atoms. The summed E-state index contributed by atoms with van der Waals surface area (Å²) < 4.78 is 1.12. The van der Waals surface area contributed by atoms with E-state index in [9.17, 15) is 4.79 Å². The predicted molar refractivity (Wildman–Crippen MR) is 78.7 cm³/mol. The van der Waals surface area contributed by atoms with Crippen LogP contribution in [0.25, 0.3) is 10.2 Å². The third-order valence-electron chi connectivity index (χ3n) is 2.98. The molecule has 1 amide bonds. The second-order valence-corrected chi connectivity index (χ2v) is 5.52. The van der Waals surface area contributed by atoms with Gasteiger partial charge in [0.2, 0.25) is 5.91 Å². The molecule has 1 heterocycles. The fourth-order valence-electron chi connectivity index (χ4n) is 2.00. The first-order valence-corrected chi connectivity index (χ1v) is 7.40. The van der Waals surface area contributed by atoms with Crippen LogP contribution >= 0.6 is 11.3 Å². The summed E-state index contributed by atoms with van der Waals surface area (Å²) in [5.74, 6) is -0.0626. The Balaban J connectivity index is 1.94. The number of aliphatic hydroxyl groups excluding tert-OH is 2. The largest absolute Gasteiger partial charge is 0.395 e. The minimum absolute atomic E-state index is 0.0626. The monoisotopic (exact) mass is 294 g/mol. The molecule has 0 bridgehead atoms. The third-order valence-corrected chi connectivity index (χ3v) is 4.08. The number of benzene rings is 1. The number of aryl methyl sites for hydroxylation is 1. The molecule has 1 aromatic heterocycles. The number of fused-ring (bicyclic) bond motifs is 1. The maximum absolute atomic E-state index is 12.0. The highest BCUT2D eigenvalue weighted by Crippen LogP contribution is 2.22. The molecule has 0 aliphatic carbocycles. The van der Waals surface area contributed by atoms with E-state index < -0.39 is 0 Å². The van der Waals surface area contributed by atoms with E-state index in [1.165, 1.54) is 4.90 Å². The van der Waals surface area contributed by atoms with E-state index in [1.807, 2.05) is 24.3 Å². The third kappa shape index (κ3) is 3.75. The summed E-state index contributed by atoms with van der Waals surface area (Å²) in [6.07, 6.45) is 0.936. The van der Waals surface area contributed by atoms with Crippen LogP contribution in [0.15, 0.2) is 24.3 Å². The number of aromatic nitrogens is 1. The quantitative estimate of drug-likeness (QED) is 0.800. The maximum atomic E-state index is 12.0. The van der Waals surface area contributed by atoms with Crippen molar-refractivity contribution in [3.63, 3.8) is 0 Å². The van der Waals surface area contributed by atoms with Crippen LogP contribution in [-0.2, 0) is 11.2 Å². The molecule has 1 aromatic carbocycles. The summed E-state index contributed by atoms with van der Waals surface area (Å²) in [6.45, 7) is 0.345. The van der Waals surface area contributed by atoms with Crippen molar-refractivity contribution in [3.8, 4) is 0 Å². The highest BCUT2D eigenvalue weighted by molar-refractivity contribution is 7.18. The Hall–Kier alpha value is -1.50. The standard InChI is InChI=1S/C14H18N2O3S/c17-9-7-16(8-10-18)14(19)6-5-13-15-11-3-1-2-4-12(11)20-13/h1-4,17-18H,5-10H2. The number of hydrogen-bond donors (Lipinski definition) is 2. The lowest BCUT2D eigenvalue weighted by molar-refractivity contribution is -0.132. The van der Waals surface area contributed by atoms with Crippen molar-refractivity contribution >= 4 is 27.5 Å². The van der Waals surface area contributed by atoms with Gasteiger partial charge in [-0.1, -0.05) is 12.1 Å². The summed E-state index contributed by atoms with van der Waals surface area (Å²) in [7, 11) is 0. The van der Waals surface area contributed by atoms with E-state index in [0.717, 1.165) is 15.2 Å². The molecule has 20 heavy (non-hydrogen) atoms. The van der Waals surface area contributed by atoms with Crippen molar-refractivity contribution in [2.24, 2.45) is 0 Å². The number of para-hydroxylation sites is 1. The minimum Gasteiger partial charge on any atom is -0.395 e. The molecule has 2 rings (SSSR count). The molecule has 0 fully saturated rings. The van der Waals surface area contributed by atoms with E-state index in [1.54, 1.807) is 11.3 Å². The topological polar surface area (TPSA) is 73.7 Å². The molecule has 0 aliphatic heterocycles. The second-order valence-electron chi connectivity index (χ2n) is 4.40. The van der Waals surface area contributed by atoms with Crippen LogP contribution in [0.1, 0.15) is 11.4 Å². The van der Waals surface area contributed by atoms with Gasteiger partial charge in [-0.05, 0) is 12.1 Å². The number of amides is 1. The van der Waals surface area contributed by atoms with Crippen molar-refractivity contribution in [1.29, 1.82) is 0 Å². The minimum atomic E-state index is -0.0904. The number of rotatable bonds is 7. The van der Waals surface area contributed by atoms with Gasteiger partial charge in [-0.25, -0.2) is 4.98 Å². The number of hydrogen-bond acceptors (Lipinski definition) is 5. The van der Waals surface area contributed by atoms with Crippen molar-refractivity contribution in [1.82, 2.24) is 9.88 Å². The van der Waals surface area contributed by atoms with Gasteiger partial charge in [0.25, 0.3) is 0 Å². The van der Waals surface area contributed by atoms with Gasteiger partial charge in [-0.15, -0.1) is 11.3 Å². The predicted octanol–water partition coefficient (Wildman–Crippen LogP) is 1.04. The zero-order valence-electron chi connectivity index (χ0n) is 11.2. The van der Waals surface area contributed by atoms with Gasteiger partial charge in [0.15, 0.2) is 0 Å². The Labute approximate surface area is 121 Å². The molecule has 2 aromatic rings. The Morgan fingerprint density at radius 3 is 2.55 bits per heavy atom. The molecule has 2 N–H and O–H groups in total. The molecule has 0 unspecified atom stereocenters. The molecule has 0 saturated heterocycles. The van der Waals surface area contributed by atoms with Gasteiger partial charge < -0.3 is 15.1 Å². The van der Waals surface area contributed by atoms with Crippen molar-refractivity contribution in [2.75, 3.05) is 26.3 Å². The van der Waals surface area contributed by atoms with Crippen LogP contribution in [0.4, 0.5) is 0 Å². The van der Waals surface area contributed by atoms with Gasteiger partial charge in [0, 0.05) is 25.9 Å². The average molecular weight is 294 g/mol. The van der Waals surface area contributed by atoms with Crippen LogP contribution in [0.5, 0.6) is 0 Å². The van der Waals surface area contributed by atoms with Crippen LogP contribution in [-0.4, -0.2) is 52.3 Å². The zero-order chi connectivity index (χ0) is 14.4. The first-order valence-electron chi connectivity index (χ1n) is 6.58. The normalized spacial score (nSPS) is 10.9. The van der Waals surface area contributed by atoms with Gasteiger partial charge in [-0.3, -0.25) is 4.79 Å². The van der Waals surface area contributed by atoms with E-state index in [0.29, 0.717) is 12.8 Å². The molecule has 108 valence electrons. The number of nitrogens with zero attached hydrogens (tertiary/aromatic N) is 2. The lowest BCUT2D eigenvalue weighted by Crippen LogP contribution is -2.35. The van der Waals surface area contributed by atoms with Crippen LogP contribution in [0.2, 0.25) is 0 Å². The maximum Gasteiger partial charge on any atom is 0.223 e. The van der Waals surface area contributed by atoms with Crippen molar-refractivity contribution in [2.45, 2.75) is 12.8 Å². The molecular weight excluding hydrogens is 276 g/mol. The van der Waals surface area contributed by atoms with Crippen LogP contribution in [0.3, 0.4) is 0 Å². The van der Waals surface area contributed by atoms with Gasteiger partial charge in [0.05, 0.1) is 28.4 Å². The summed E-state index contributed by atoms with van der Waals surface area (Å²) in [5.41, 5.74) is 0.961. The number of carbonyl (C=O) groups excluding carboxylic acids is 1. The van der Waals surface area contributed by atoms with Crippen LogP contribution in [0, 0.1) is 0 Å². The number of aliphatic hydroxyl groups is 2. The average Bonchev–Trinajstić information content (AvgIpc) is 2.87. The molecule has 0 radical (unpaired) electrons. The fraction of sp³-hybridized carbons (Fsp3) is 0.429. The van der Waals surface area contributed by atoms with Gasteiger partial charge in [-0.2, -0.15) is 0 Å². The highest BCUT2D eigenvalue weighted by atomic mass is 32.1. The van der Waals surface area contributed by atoms with E-state index in [-0.39, 0.29) is 32.2 Å². The van der Waals surface area contributed by atoms with E-state index in [4.69, 9.17) is 10.2 Å². The fourth-order valence-corrected chi connectivity index (χ4v) is 2.97. The molecule has 5 nitrogen and oxygen atoms in total. The summed E-state index contributed by atoms with van der Waals surface area (Å²) in [4.78, 5) is 18.0. The summed E-state index contributed by atoms with van der Waals surface area (Å²) >= 11 is 1.60. The Morgan fingerprint density at radius 2 is 1.90 bits per heavy atom. The molecule has 0 atom stereocenters. The molecular formula is C14H18N2O3S.